The smallest absolute Gasteiger partial charge is 0.123 e. The van der Waals surface area contributed by atoms with E-state index in [1.165, 1.54) is 5.56 Å². The first-order valence-corrected chi connectivity index (χ1v) is 7.24. The van der Waals surface area contributed by atoms with E-state index in [1.54, 1.807) is 7.11 Å². The van der Waals surface area contributed by atoms with Crippen LogP contribution in [0.15, 0.2) is 18.2 Å². The predicted molar refractivity (Wildman–Crippen MR) is 84.8 cm³/mol. The molecule has 0 radical (unpaired) electrons. The number of hydrazine groups is 1. The molecule has 1 unspecified atom stereocenters. The molecule has 0 amide bonds. The first-order valence-electron chi connectivity index (χ1n) is 7.24. The van der Waals surface area contributed by atoms with Gasteiger partial charge in [0.05, 0.1) is 13.2 Å². The van der Waals surface area contributed by atoms with E-state index >= 15 is 0 Å². The molecule has 4 nitrogen and oxygen atoms in total. The second-order valence-electron chi connectivity index (χ2n) is 5.55. The summed E-state index contributed by atoms with van der Waals surface area (Å²) in [5.74, 6) is 6.80. The summed E-state index contributed by atoms with van der Waals surface area (Å²) in [6, 6.07) is 6.25. The van der Waals surface area contributed by atoms with Gasteiger partial charge in [-0.3, -0.25) is 11.3 Å². The third kappa shape index (κ3) is 2.97. The second-order valence-corrected chi connectivity index (χ2v) is 5.55. The standard InChI is InChI=1S/C16H29N3O/c1-7-16(8-2,19(4)5)15(18-17)13-11-12(3)9-10-14(13)20-6/h9-11,15,18H,7-8,17H2,1-6H3. The van der Waals surface area contributed by atoms with Gasteiger partial charge in [-0.2, -0.15) is 0 Å². The molecule has 0 aliphatic carbocycles. The molecule has 0 bridgehead atoms. The van der Waals surface area contributed by atoms with Crippen molar-refractivity contribution in [1.82, 2.24) is 10.3 Å². The van der Waals surface area contributed by atoms with E-state index in [4.69, 9.17) is 10.6 Å². The number of ether oxygens (including phenoxy) is 1. The third-order valence-electron chi connectivity index (χ3n) is 4.52. The quantitative estimate of drug-likeness (QED) is 0.595. The number of nitrogens with zero attached hydrogens (tertiary/aromatic N) is 1. The van der Waals surface area contributed by atoms with Crippen molar-refractivity contribution in [2.75, 3.05) is 21.2 Å². The molecule has 0 spiro atoms. The predicted octanol–water partition coefficient (Wildman–Crippen LogP) is 2.63. The zero-order chi connectivity index (χ0) is 15.3. The van der Waals surface area contributed by atoms with Crippen LogP contribution in [0.4, 0.5) is 0 Å². The fraction of sp³-hybridized carbons (Fsp3) is 0.625. The summed E-state index contributed by atoms with van der Waals surface area (Å²) in [7, 11) is 5.93. The number of hydrogen-bond donors (Lipinski definition) is 2. The Hall–Kier alpha value is -1.10. The lowest BCUT2D eigenvalue weighted by molar-refractivity contribution is 0.0869. The first kappa shape index (κ1) is 17.0. The molecule has 4 heteroatoms. The number of aryl methyl sites for hydroxylation is 1. The zero-order valence-corrected chi connectivity index (χ0v) is 13.7. The second kappa shape index (κ2) is 7.07. The van der Waals surface area contributed by atoms with E-state index in [-0.39, 0.29) is 11.6 Å². The van der Waals surface area contributed by atoms with E-state index in [0.717, 1.165) is 24.2 Å². The summed E-state index contributed by atoms with van der Waals surface area (Å²) in [5.41, 5.74) is 5.30. The highest BCUT2D eigenvalue weighted by molar-refractivity contribution is 5.41. The van der Waals surface area contributed by atoms with Crippen molar-refractivity contribution in [1.29, 1.82) is 0 Å². The molecule has 0 saturated heterocycles. The minimum atomic E-state index is -0.0458. The van der Waals surface area contributed by atoms with Crippen LogP contribution >= 0.6 is 0 Å². The Morgan fingerprint density at radius 2 is 1.90 bits per heavy atom. The van der Waals surface area contributed by atoms with Gasteiger partial charge in [0.1, 0.15) is 5.75 Å². The molecule has 0 aliphatic heterocycles. The van der Waals surface area contributed by atoms with Crippen LogP contribution in [0.5, 0.6) is 5.75 Å². The van der Waals surface area contributed by atoms with Crippen molar-refractivity contribution >= 4 is 0 Å². The van der Waals surface area contributed by atoms with Crippen LogP contribution in [0.1, 0.15) is 43.9 Å². The molecule has 0 saturated carbocycles. The van der Waals surface area contributed by atoms with E-state index < -0.39 is 0 Å². The summed E-state index contributed by atoms with van der Waals surface area (Å²) in [6.07, 6.45) is 2.00. The van der Waals surface area contributed by atoms with Gasteiger partial charge in [0.2, 0.25) is 0 Å². The van der Waals surface area contributed by atoms with E-state index in [0.29, 0.717) is 0 Å². The fourth-order valence-corrected chi connectivity index (χ4v) is 3.16. The molecule has 0 fully saturated rings. The van der Waals surface area contributed by atoms with Crippen molar-refractivity contribution in [3.63, 3.8) is 0 Å². The number of methoxy groups -OCH3 is 1. The molecule has 1 aromatic rings. The summed E-state index contributed by atoms with van der Waals surface area (Å²) in [5, 5.41) is 0. The molecule has 20 heavy (non-hydrogen) atoms. The lowest BCUT2D eigenvalue weighted by atomic mass is 9.79. The summed E-state index contributed by atoms with van der Waals surface area (Å²) in [6.45, 7) is 6.50. The third-order valence-corrected chi connectivity index (χ3v) is 4.52. The molecular weight excluding hydrogens is 250 g/mol. The van der Waals surface area contributed by atoms with Crippen molar-refractivity contribution in [2.24, 2.45) is 5.84 Å². The largest absolute Gasteiger partial charge is 0.496 e. The zero-order valence-electron chi connectivity index (χ0n) is 13.7. The summed E-state index contributed by atoms with van der Waals surface area (Å²) in [4.78, 5) is 2.26. The highest BCUT2D eigenvalue weighted by atomic mass is 16.5. The molecule has 1 atom stereocenters. The lowest BCUT2D eigenvalue weighted by Crippen LogP contribution is -2.54. The van der Waals surface area contributed by atoms with Crippen LogP contribution < -0.4 is 16.0 Å². The molecule has 0 heterocycles. The number of likely N-dealkylation sites (N-methyl/N-ethyl adjacent to an activating group) is 1. The molecule has 1 aromatic carbocycles. The van der Waals surface area contributed by atoms with Gasteiger partial charge in [-0.05, 0) is 39.9 Å². The molecular formula is C16H29N3O. The van der Waals surface area contributed by atoms with Crippen LogP contribution in [0, 0.1) is 6.92 Å². The number of hydrogen-bond acceptors (Lipinski definition) is 4. The van der Waals surface area contributed by atoms with Gasteiger partial charge in [0.15, 0.2) is 0 Å². The minimum Gasteiger partial charge on any atom is -0.496 e. The van der Waals surface area contributed by atoms with Gasteiger partial charge in [-0.25, -0.2) is 0 Å². The van der Waals surface area contributed by atoms with Gasteiger partial charge < -0.3 is 9.64 Å². The fourth-order valence-electron chi connectivity index (χ4n) is 3.16. The maximum absolute atomic E-state index is 5.92. The van der Waals surface area contributed by atoms with Gasteiger partial charge >= 0.3 is 0 Å². The minimum absolute atomic E-state index is 0.0161. The van der Waals surface area contributed by atoms with E-state index in [1.807, 2.05) is 6.07 Å². The van der Waals surface area contributed by atoms with E-state index in [9.17, 15) is 0 Å². The first-order chi connectivity index (χ1) is 9.46. The maximum atomic E-state index is 5.92. The van der Waals surface area contributed by atoms with Crippen LogP contribution in [0.3, 0.4) is 0 Å². The van der Waals surface area contributed by atoms with Crippen LogP contribution in [0.25, 0.3) is 0 Å². The maximum Gasteiger partial charge on any atom is 0.123 e. The number of benzene rings is 1. The average Bonchev–Trinajstić information content (AvgIpc) is 2.44. The van der Waals surface area contributed by atoms with Crippen LogP contribution in [-0.2, 0) is 0 Å². The van der Waals surface area contributed by atoms with Gasteiger partial charge in [0, 0.05) is 11.1 Å². The monoisotopic (exact) mass is 279 g/mol. The lowest BCUT2D eigenvalue weighted by Gasteiger charge is -2.45. The van der Waals surface area contributed by atoms with Gasteiger partial charge in [-0.1, -0.05) is 31.5 Å². The summed E-state index contributed by atoms with van der Waals surface area (Å²) < 4.78 is 5.53. The van der Waals surface area contributed by atoms with Gasteiger partial charge in [-0.15, -0.1) is 0 Å². The Labute approximate surface area is 123 Å². The Bertz CT molecular complexity index is 428. The van der Waals surface area contributed by atoms with Crippen LogP contribution in [-0.4, -0.2) is 31.6 Å². The molecule has 1 rings (SSSR count). The highest BCUT2D eigenvalue weighted by Gasteiger charge is 2.39. The number of nitrogens with two attached hydrogens (primary N) is 1. The van der Waals surface area contributed by atoms with Crippen molar-refractivity contribution in [3.8, 4) is 5.75 Å². The SMILES string of the molecule is CCC(CC)(C(NN)c1cc(C)ccc1OC)N(C)C. The molecule has 3 N–H and O–H groups in total. The van der Waals surface area contributed by atoms with Crippen molar-refractivity contribution in [2.45, 2.75) is 45.2 Å². The Kier molecular flexibility index (Phi) is 5.99. The molecule has 0 aromatic heterocycles. The Morgan fingerprint density at radius 1 is 1.30 bits per heavy atom. The average molecular weight is 279 g/mol. The van der Waals surface area contributed by atoms with E-state index in [2.05, 4.69) is 57.3 Å². The highest BCUT2D eigenvalue weighted by Crippen LogP contribution is 2.39. The Morgan fingerprint density at radius 3 is 2.30 bits per heavy atom. The van der Waals surface area contributed by atoms with Crippen LogP contribution in [0.2, 0.25) is 0 Å². The van der Waals surface area contributed by atoms with Crippen molar-refractivity contribution < 1.29 is 4.74 Å². The summed E-state index contributed by atoms with van der Waals surface area (Å²) >= 11 is 0. The molecule has 114 valence electrons. The number of rotatable bonds is 7. The van der Waals surface area contributed by atoms with Gasteiger partial charge in [0.25, 0.3) is 0 Å². The topological polar surface area (TPSA) is 50.5 Å². The normalized spacial score (nSPS) is 13.6. The number of nitrogens with one attached hydrogen (secondary N) is 1. The van der Waals surface area contributed by atoms with Crippen molar-refractivity contribution in [3.05, 3.63) is 29.3 Å². The molecule has 0 aliphatic rings. The Balaban J connectivity index is 3.40.